The average Bonchev–Trinajstić information content (AvgIpc) is 2.69. The van der Waals surface area contributed by atoms with Gasteiger partial charge in [-0.15, -0.1) is 24.0 Å². The van der Waals surface area contributed by atoms with Gasteiger partial charge in [-0.05, 0) is 46.0 Å². The molecule has 2 atom stereocenters. The van der Waals surface area contributed by atoms with Gasteiger partial charge in [0.25, 0.3) is 0 Å². The van der Waals surface area contributed by atoms with E-state index in [2.05, 4.69) is 58.5 Å². The van der Waals surface area contributed by atoms with Crippen molar-refractivity contribution in [2.75, 3.05) is 64.8 Å². The van der Waals surface area contributed by atoms with Gasteiger partial charge < -0.3 is 20.4 Å². The predicted molar refractivity (Wildman–Crippen MR) is 135 cm³/mol. The van der Waals surface area contributed by atoms with Crippen LogP contribution >= 0.6 is 35.6 Å². The molecule has 2 N–H and O–H groups in total. The molecule has 0 spiro atoms. The summed E-state index contributed by atoms with van der Waals surface area (Å²) >= 11 is 6.42. The Hall–Kier alpha value is -0.770. The summed E-state index contributed by atoms with van der Waals surface area (Å²) in [5, 5.41) is 7.91. The van der Waals surface area contributed by atoms with Crippen LogP contribution in [0.4, 0.5) is 5.69 Å². The van der Waals surface area contributed by atoms with Gasteiger partial charge in [-0.25, -0.2) is 0 Å². The lowest BCUT2D eigenvalue weighted by Crippen LogP contribution is -2.53. The van der Waals surface area contributed by atoms with Crippen LogP contribution in [0.15, 0.2) is 29.3 Å². The second-order valence-corrected chi connectivity index (χ2v) is 8.40. The topological polar surface area (TPSA) is 46.1 Å². The smallest absolute Gasteiger partial charge is 0.191 e. The number of anilines is 1. The first-order valence-electron chi connectivity index (χ1n) is 10.5. The molecule has 0 aromatic heterocycles. The summed E-state index contributed by atoms with van der Waals surface area (Å²) in [7, 11) is 4.40. The van der Waals surface area contributed by atoms with Crippen LogP contribution < -0.4 is 15.5 Å². The molecule has 1 aromatic carbocycles. The number of piperazine rings is 1. The lowest BCUT2D eigenvalue weighted by atomic mass is 10.0. The van der Waals surface area contributed by atoms with Crippen LogP contribution in [0.1, 0.15) is 19.8 Å². The van der Waals surface area contributed by atoms with E-state index < -0.39 is 0 Å². The first kappa shape index (κ1) is 24.5. The summed E-state index contributed by atoms with van der Waals surface area (Å²) in [6, 6.07) is 8.97. The maximum absolute atomic E-state index is 6.42. The van der Waals surface area contributed by atoms with Gasteiger partial charge in [0, 0.05) is 51.4 Å². The monoisotopic (exact) mass is 534 g/mol. The van der Waals surface area contributed by atoms with Crippen molar-refractivity contribution in [3.05, 3.63) is 29.3 Å². The SMILES string of the molecule is CCNC(=NCC1CN(C)CCN1C)NC1CCCN(c2ccccc2Cl)C1.I. The molecule has 2 saturated heterocycles. The van der Waals surface area contributed by atoms with Gasteiger partial charge in [0.1, 0.15) is 0 Å². The number of piperidine rings is 1. The molecule has 2 heterocycles. The van der Waals surface area contributed by atoms with Crippen molar-refractivity contribution >= 4 is 47.2 Å². The molecule has 3 rings (SSSR count). The molecule has 2 aliphatic heterocycles. The number of hydrogen-bond acceptors (Lipinski definition) is 4. The van der Waals surface area contributed by atoms with Crippen molar-refractivity contribution in [2.45, 2.75) is 31.8 Å². The molecule has 164 valence electrons. The molecule has 2 fully saturated rings. The summed E-state index contributed by atoms with van der Waals surface area (Å²) in [4.78, 5) is 12.1. The molecule has 0 saturated carbocycles. The Bertz CT molecular complexity index is 658. The highest BCUT2D eigenvalue weighted by Gasteiger charge is 2.24. The lowest BCUT2D eigenvalue weighted by Gasteiger charge is -2.37. The van der Waals surface area contributed by atoms with E-state index in [-0.39, 0.29) is 24.0 Å². The number of benzene rings is 1. The minimum Gasteiger partial charge on any atom is -0.368 e. The molecular formula is C21H36ClIN6. The van der Waals surface area contributed by atoms with E-state index in [9.17, 15) is 0 Å². The van der Waals surface area contributed by atoms with E-state index in [1.165, 1.54) is 0 Å². The first-order chi connectivity index (χ1) is 13.6. The Morgan fingerprint density at radius 3 is 2.72 bits per heavy atom. The van der Waals surface area contributed by atoms with Crippen LogP contribution in [0.25, 0.3) is 0 Å². The quantitative estimate of drug-likeness (QED) is 0.346. The van der Waals surface area contributed by atoms with Crippen molar-refractivity contribution in [1.82, 2.24) is 20.4 Å². The Morgan fingerprint density at radius 1 is 1.17 bits per heavy atom. The fourth-order valence-electron chi connectivity index (χ4n) is 4.03. The Labute approximate surface area is 198 Å². The predicted octanol–water partition coefficient (Wildman–Crippen LogP) is 2.73. The van der Waals surface area contributed by atoms with Gasteiger partial charge in [-0.3, -0.25) is 9.89 Å². The first-order valence-corrected chi connectivity index (χ1v) is 10.9. The lowest BCUT2D eigenvalue weighted by molar-refractivity contribution is 0.119. The van der Waals surface area contributed by atoms with Crippen LogP contribution in [-0.2, 0) is 0 Å². The molecule has 0 aliphatic carbocycles. The van der Waals surface area contributed by atoms with Gasteiger partial charge in [0.15, 0.2) is 5.96 Å². The third-order valence-electron chi connectivity index (χ3n) is 5.74. The molecule has 0 amide bonds. The largest absolute Gasteiger partial charge is 0.368 e. The zero-order chi connectivity index (χ0) is 19.9. The maximum Gasteiger partial charge on any atom is 0.191 e. The maximum atomic E-state index is 6.42. The van der Waals surface area contributed by atoms with E-state index >= 15 is 0 Å². The Kier molecular flexibility index (Phi) is 10.3. The highest BCUT2D eigenvalue weighted by atomic mass is 127. The number of hydrogen-bond donors (Lipinski definition) is 2. The second kappa shape index (κ2) is 12.2. The number of halogens is 2. The average molecular weight is 535 g/mol. The number of guanidine groups is 1. The normalized spacial score (nSPS) is 24.1. The van der Waals surface area contributed by atoms with Gasteiger partial charge in [0.05, 0.1) is 17.3 Å². The van der Waals surface area contributed by atoms with Crippen molar-refractivity contribution in [1.29, 1.82) is 0 Å². The summed E-state index contributed by atoms with van der Waals surface area (Å²) in [5.41, 5.74) is 1.13. The third-order valence-corrected chi connectivity index (χ3v) is 6.06. The van der Waals surface area contributed by atoms with Crippen LogP contribution in [-0.4, -0.2) is 87.8 Å². The zero-order valence-corrected chi connectivity index (χ0v) is 21.0. The fourth-order valence-corrected chi connectivity index (χ4v) is 4.29. The van der Waals surface area contributed by atoms with Crippen molar-refractivity contribution in [3.8, 4) is 0 Å². The Morgan fingerprint density at radius 2 is 1.97 bits per heavy atom. The molecule has 2 aliphatic rings. The second-order valence-electron chi connectivity index (χ2n) is 8.00. The highest BCUT2D eigenvalue weighted by Crippen LogP contribution is 2.27. The molecule has 0 radical (unpaired) electrons. The van der Waals surface area contributed by atoms with Crippen LogP contribution in [0.5, 0.6) is 0 Å². The number of aliphatic imine (C=N–C) groups is 1. The highest BCUT2D eigenvalue weighted by molar-refractivity contribution is 14.0. The number of nitrogens with one attached hydrogen (secondary N) is 2. The van der Waals surface area contributed by atoms with E-state index in [0.717, 1.165) is 75.3 Å². The minimum absolute atomic E-state index is 0. The summed E-state index contributed by atoms with van der Waals surface area (Å²) in [6.45, 7) is 9.11. The number of para-hydroxylation sites is 1. The van der Waals surface area contributed by atoms with Gasteiger partial charge in [0.2, 0.25) is 0 Å². The van der Waals surface area contributed by atoms with Crippen molar-refractivity contribution in [2.24, 2.45) is 4.99 Å². The summed E-state index contributed by atoms with van der Waals surface area (Å²) in [5.74, 6) is 0.926. The van der Waals surface area contributed by atoms with E-state index in [4.69, 9.17) is 16.6 Å². The van der Waals surface area contributed by atoms with Gasteiger partial charge in [-0.2, -0.15) is 0 Å². The summed E-state index contributed by atoms with van der Waals surface area (Å²) in [6.07, 6.45) is 2.30. The van der Waals surface area contributed by atoms with Crippen LogP contribution in [0.3, 0.4) is 0 Å². The number of rotatable bonds is 5. The van der Waals surface area contributed by atoms with Crippen LogP contribution in [0, 0.1) is 0 Å². The number of likely N-dealkylation sites (N-methyl/N-ethyl adjacent to an activating group) is 2. The van der Waals surface area contributed by atoms with E-state index in [1.54, 1.807) is 0 Å². The van der Waals surface area contributed by atoms with Gasteiger partial charge in [-0.1, -0.05) is 23.7 Å². The van der Waals surface area contributed by atoms with E-state index in [1.807, 2.05) is 12.1 Å². The zero-order valence-electron chi connectivity index (χ0n) is 17.9. The minimum atomic E-state index is 0. The molecule has 0 bridgehead atoms. The van der Waals surface area contributed by atoms with Crippen LogP contribution in [0.2, 0.25) is 5.02 Å². The van der Waals surface area contributed by atoms with Crippen molar-refractivity contribution < 1.29 is 0 Å². The van der Waals surface area contributed by atoms with E-state index in [0.29, 0.717) is 12.1 Å². The molecule has 6 nitrogen and oxygen atoms in total. The molecule has 2 unspecified atom stereocenters. The standard InChI is InChI=1S/C21H35ClN6.HI/c1-4-23-21(24-14-18-16-26(2)12-13-27(18)3)25-17-8-7-11-28(15-17)20-10-6-5-9-19(20)22;/h5-6,9-10,17-18H,4,7-8,11-16H2,1-3H3,(H2,23,24,25);1H. The molecule has 8 heteroatoms. The van der Waals surface area contributed by atoms with Crippen molar-refractivity contribution in [3.63, 3.8) is 0 Å². The summed E-state index contributed by atoms with van der Waals surface area (Å²) < 4.78 is 0. The molecule has 29 heavy (non-hydrogen) atoms. The van der Waals surface area contributed by atoms with Gasteiger partial charge >= 0.3 is 0 Å². The Balaban J connectivity index is 0.00000300. The molecule has 1 aromatic rings. The fraction of sp³-hybridized carbons (Fsp3) is 0.667. The number of nitrogens with zero attached hydrogens (tertiary/aromatic N) is 4. The molecular weight excluding hydrogens is 499 g/mol. The third kappa shape index (κ3) is 7.15.